The summed E-state index contributed by atoms with van der Waals surface area (Å²) in [4.78, 5) is 22.2. The lowest BCUT2D eigenvalue weighted by Gasteiger charge is -2.02. The molecule has 1 amide bonds. The monoisotopic (exact) mass is 394 g/mol. The zero-order valence-corrected chi connectivity index (χ0v) is 13.0. The molecule has 0 aliphatic rings. The number of hydrogen-bond donors (Lipinski definition) is 1. The summed E-state index contributed by atoms with van der Waals surface area (Å²) in [6.07, 6.45) is 2.71. The van der Waals surface area contributed by atoms with E-state index in [0.29, 0.717) is 11.3 Å². The van der Waals surface area contributed by atoms with Crippen molar-refractivity contribution in [2.75, 3.05) is 5.32 Å². The lowest BCUT2D eigenvalue weighted by molar-refractivity contribution is -0.385. The van der Waals surface area contributed by atoms with Crippen LogP contribution in [0.5, 0.6) is 0 Å². The summed E-state index contributed by atoms with van der Waals surface area (Å²) in [5, 5.41) is 13.6. The van der Waals surface area contributed by atoms with Crippen LogP contribution in [0.2, 0.25) is 0 Å². The van der Waals surface area contributed by atoms with Gasteiger partial charge in [-0.2, -0.15) is 0 Å². The number of benzene rings is 2. The van der Waals surface area contributed by atoms with Crippen LogP contribution < -0.4 is 5.32 Å². The molecule has 1 N–H and O–H groups in total. The number of carbonyl (C=O) groups excluding carboxylic acids is 1. The Morgan fingerprint density at radius 2 is 1.95 bits per heavy atom. The van der Waals surface area contributed by atoms with E-state index in [0.717, 1.165) is 3.57 Å². The lowest BCUT2D eigenvalue weighted by atomic mass is 10.1. The van der Waals surface area contributed by atoms with Gasteiger partial charge in [0.2, 0.25) is 5.91 Å². The smallest absolute Gasteiger partial charge is 0.276 e. The largest absolute Gasteiger partial charge is 0.322 e. The lowest BCUT2D eigenvalue weighted by Crippen LogP contribution is -2.07. The van der Waals surface area contributed by atoms with Crippen molar-refractivity contribution < 1.29 is 9.72 Å². The highest BCUT2D eigenvalue weighted by Crippen LogP contribution is 2.19. The molecule has 106 valence electrons. The van der Waals surface area contributed by atoms with Gasteiger partial charge in [-0.3, -0.25) is 14.9 Å². The predicted octanol–water partition coefficient (Wildman–Crippen LogP) is 3.85. The fraction of sp³-hybridized carbons (Fsp3) is 0. The Morgan fingerprint density at radius 1 is 1.19 bits per heavy atom. The molecule has 6 heteroatoms. The molecule has 5 nitrogen and oxygen atoms in total. The molecule has 2 rings (SSSR count). The van der Waals surface area contributed by atoms with Crippen molar-refractivity contribution >= 4 is 45.9 Å². The summed E-state index contributed by atoms with van der Waals surface area (Å²) < 4.78 is 1.01. The quantitative estimate of drug-likeness (QED) is 0.371. The zero-order chi connectivity index (χ0) is 15.2. The van der Waals surface area contributed by atoms with E-state index in [1.807, 2.05) is 18.2 Å². The first kappa shape index (κ1) is 15.2. The first-order valence-electron chi connectivity index (χ1n) is 6.04. The summed E-state index contributed by atoms with van der Waals surface area (Å²) in [5.41, 5.74) is 1.04. The molecule has 0 spiro atoms. The first-order chi connectivity index (χ1) is 10.1. The van der Waals surface area contributed by atoms with Gasteiger partial charge in [-0.1, -0.05) is 18.2 Å². The van der Waals surface area contributed by atoms with Gasteiger partial charge in [0.25, 0.3) is 5.69 Å². The van der Waals surface area contributed by atoms with E-state index in [2.05, 4.69) is 27.9 Å². The fourth-order valence-electron chi connectivity index (χ4n) is 1.71. The number of nitrogens with zero attached hydrogens (tertiary/aromatic N) is 1. The van der Waals surface area contributed by atoms with Crippen LogP contribution in [-0.2, 0) is 4.79 Å². The topological polar surface area (TPSA) is 72.2 Å². The fourth-order valence-corrected chi connectivity index (χ4v) is 2.25. The second-order valence-corrected chi connectivity index (χ2v) is 5.39. The molecular weight excluding hydrogens is 383 g/mol. The molecule has 0 aliphatic heterocycles. The number of nitro benzene ring substituents is 1. The van der Waals surface area contributed by atoms with Crippen LogP contribution in [0.3, 0.4) is 0 Å². The molecule has 0 aliphatic carbocycles. The summed E-state index contributed by atoms with van der Waals surface area (Å²) >= 11 is 2.15. The maximum Gasteiger partial charge on any atom is 0.276 e. The molecule has 0 heterocycles. The van der Waals surface area contributed by atoms with Crippen LogP contribution in [-0.4, -0.2) is 10.8 Å². The van der Waals surface area contributed by atoms with Crippen molar-refractivity contribution in [1.82, 2.24) is 0 Å². The van der Waals surface area contributed by atoms with Gasteiger partial charge in [0.05, 0.1) is 10.5 Å². The van der Waals surface area contributed by atoms with Gasteiger partial charge in [0.15, 0.2) is 0 Å². The van der Waals surface area contributed by atoms with Gasteiger partial charge in [0.1, 0.15) is 0 Å². The number of anilines is 1. The molecule has 0 unspecified atom stereocenters. The number of hydrogen-bond acceptors (Lipinski definition) is 3. The van der Waals surface area contributed by atoms with Crippen molar-refractivity contribution in [2.45, 2.75) is 0 Å². The van der Waals surface area contributed by atoms with Crippen LogP contribution in [0, 0.1) is 13.7 Å². The number of rotatable bonds is 4. The Bertz CT molecular complexity index is 714. The minimum Gasteiger partial charge on any atom is -0.322 e. The van der Waals surface area contributed by atoms with Crippen molar-refractivity contribution in [1.29, 1.82) is 0 Å². The predicted molar refractivity (Wildman–Crippen MR) is 89.9 cm³/mol. The highest BCUT2D eigenvalue weighted by molar-refractivity contribution is 14.1. The SMILES string of the molecule is O=C(C=Cc1ccccc1[N+](=O)[O-])Nc1cccc(I)c1. The Kier molecular flexibility index (Phi) is 5.04. The third-order valence-electron chi connectivity index (χ3n) is 2.64. The zero-order valence-electron chi connectivity index (χ0n) is 10.8. The standard InChI is InChI=1S/C15H11IN2O3/c16-12-5-3-6-13(10-12)17-15(19)9-8-11-4-1-2-7-14(11)18(20)21/h1-10H,(H,17,19). The van der Waals surface area contributed by atoms with Crippen molar-refractivity contribution in [3.8, 4) is 0 Å². The minimum absolute atomic E-state index is 0.0317. The molecule has 0 aromatic heterocycles. The number of carbonyl (C=O) groups is 1. The van der Waals surface area contributed by atoms with E-state index >= 15 is 0 Å². The molecule has 0 bridgehead atoms. The van der Waals surface area contributed by atoms with Crippen molar-refractivity contribution in [3.63, 3.8) is 0 Å². The van der Waals surface area contributed by atoms with Gasteiger partial charge in [0, 0.05) is 21.4 Å². The summed E-state index contributed by atoms with van der Waals surface area (Å²) in [6, 6.07) is 13.6. The first-order valence-corrected chi connectivity index (χ1v) is 7.12. The minimum atomic E-state index is -0.475. The van der Waals surface area contributed by atoms with E-state index in [1.54, 1.807) is 24.3 Å². The summed E-state index contributed by atoms with van der Waals surface area (Å²) in [7, 11) is 0. The van der Waals surface area contributed by atoms with Gasteiger partial charge in [-0.05, 0) is 52.9 Å². The third-order valence-corrected chi connectivity index (χ3v) is 3.31. The van der Waals surface area contributed by atoms with Crippen molar-refractivity contribution in [3.05, 3.63) is 73.9 Å². The summed E-state index contributed by atoms with van der Waals surface area (Å²) in [6.45, 7) is 0. The molecule has 2 aromatic rings. The Hall–Kier alpha value is -2.22. The van der Waals surface area contributed by atoms with Crippen LogP contribution in [0.25, 0.3) is 6.08 Å². The van der Waals surface area contributed by atoms with Crippen LogP contribution in [0.15, 0.2) is 54.6 Å². The normalized spacial score (nSPS) is 10.5. The highest BCUT2D eigenvalue weighted by atomic mass is 127. The number of amides is 1. The Labute approximate surface area is 135 Å². The average Bonchev–Trinajstić information content (AvgIpc) is 2.45. The molecule has 21 heavy (non-hydrogen) atoms. The Balaban J connectivity index is 2.11. The van der Waals surface area contributed by atoms with Crippen molar-refractivity contribution in [2.24, 2.45) is 0 Å². The highest BCUT2D eigenvalue weighted by Gasteiger charge is 2.09. The second-order valence-electron chi connectivity index (χ2n) is 4.15. The number of para-hydroxylation sites is 1. The van der Waals surface area contributed by atoms with Gasteiger partial charge >= 0.3 is 0 Å². The van der Waals surface area contributed by atoms with E-state index in [4.69, 9.17) is 0 Å². The van der Waals surface area contributed by atoms with Crippen LogP contribution >= 0.6 is 22.6 Å². The number of nitrogens with one attached hydrogen (secondary N) is 1. The summed E-state index contributed by atoms with van der Waals surface area (Å²) in [5.74, 6) is -0.338. The number of nitro groups is 1. The van der Waals surface area contributed by atoms with Gasteiger partial charge in [-0.15, -0.1) is 0 Å². The van der Waals surface area contributed by atoms with E-state index < -0.39 is 4.92 Å². The number of halogens is 1. The van der Waals surface area contributed by atoms with E-state index in [1.165, 1.54) is 18.2 Å². The maximum absolute atomic E-state index is 11.8. The van der Waals surface area contributed by atoms with Crippen LogP contribution in [0.4, 0.5) is 11.4 Å². The second kappa shape index (κ2) is 6.98. The molecule has 0 saturated carbocycles. The third kappa shape index (κ3) is 4.38. The maximum atomic E-state index is 11.8. The molecule has 0 radical (unpaired) electrons. The van der Waals surface area contributed by atoms with E-state index in [9.17, 15) is 14.9 Å². The van der Waals surface area contributed by atoms with Gasteiger partial charge < -0.3 is 5.32 Å². The molecule has 0 fully saturated rings. The average molecular weight is 394 g/mol. The van der Waals surface area contributed by atoms with Crippen LogP contribution in [0.1, 0.15) is 5.56 Å². The molecule has 2 aromatic carbocycles. The molecule has 0 atom stereocenters. The Morgan fingerprint density at radius 3 is 2.67 bits per heavy atom. The molecular formula is C15H11IN2O3. The van der Waals surface area contributed by atoms with Gasteiger partial charge in [-0.25, -0.2) is 0 Å². The van der Waals surface area contributed by atoms with E-state index in [-0.39, 0.29) is 11.6 Å². The molecule has 0 saturated heterocycles.